The Morgan fingerprint density at radius 3 is 2.70 bits per heavy atom. The molecule has 1 fully saturated rings. The summed E-state index contributed by atoms with van der Waals surface area (Å²) in [6.45, 7) is 1.95. The normalized spacial score (nSPS) is 27.6. The van der Waals surface area contributed by atoms with Gasteiger partial charge in [-0.3, -0.25) is 0 Å². The van der Waals surface area contributed by atoms with E-state index in [-0.39, 0.29) is 0 Å². The number of hydrogen-bond donors (Lipinski definition) is 1. The Kier molecular flexibility index (Phi) is 2.71. The third-order valence-corrected chi connectivity index (χ3v) is 2.35. The topological polar surface area (TPSA) is 38.4 Å². The number of nitrogens with two attached hydrogens (primary N) is 1. The van der Waals surface area contributed by atoms with E-state index in [2.05, 4.69) is 3.21 Å². The number of hydrogen-bond acceptors (Lipinski definition) is 2. The highest BCUT2D eigenvalue weighted by Crippen LogP contribution is 2.24. The zero-order valence-electron chi connectivity index (χ0n) is 6.02. The van der Waals surface area contributed by atoms with Crippen LogP contribution in [-0.4, -0.2) is 5.71 Å². The maximum atomic E-state index is 5.66. The molecule has 1 aliphatic carbocycles. The molecule has 3 heteroatoms. The van der Waals surface area contributed by atoms with E-state index >= 15 is 0 Å². The second kappa shape index (κ2) is 3.37. The maximum absolute atomic E-state index is 5.66. The van der Waals surface area contributed by atoms with Crippen LogP contribution < -0.4 is 5.73 Å². The van der Waals surface area contributed by atoms with Gasteiger partial charge in [-0.05, 0) is 31.8 Å². The van der Waals surface area contributed by atoms with E-state index in [1.54, 1.807) is 0 Å². The Morgan fingerprint density at radius 1 is 1.60 bits per heavy atom. The molecule has 10 heavy (non-hydrogen) atoms. The average molecular weight is 250 g/mol. The highest BCUT2D eigenvalue weighted by molar-refractivity contribution is 14.1. The van der Waals surface area contributed by atoms with Gasteiger partial charge in [-0.1, -0.05) is 0 Å². The van der Waals surface area contributed by atoms with E-state index in [0.29, 0.717) is 0 Å². The number of halogens is 1. The van der Waals surface area contributed by atoms with Crippen molar-refractivity contribution >= 4 is 28.6 Å². The smallest absolute Gasteiger partial charge is 0.0834 e. The largest absolute Gasteiger partial charge is 0.402 e. The van der Waals surface area contributed by atoms with Crippen molar-refractivity contribution < 1.29 is 0 Å². The lowest BCUT2D eigenvalue weighted by Gasteiger charge is -1.98. The van der Waals surface area contributed by atoms with Crippen LogP contribution in [0.1, 0.15) is 26.2 Å². The predicted octanol–water partition coefficient (Wildman–Crippen LogP) is 2.19. The molecule has 0 aliphatic heterocycles. The molecule has 1 rings (SSSR count). The van der Waals surface area contributed by atoms with Gasteiger partial charge in [0.1, 0.15) is 0 Å². The second-order valence-corrected chi connectivity index (χ2v) is 3.03. The summed E-state index contributed by atoms with van der Waals surface area (Å²) in [5.74, 6) is 0. The lowest BCUT2D eigenvalue weighted by Crippen LogP contribution is -2.01. The van der Waals surface area contributed by atoms with Gasteiger partial charge in [0.2, 0.25) is 0 Å². The molecule has 0 radical (unpaired) electrons. The zero-order chi connectivity index (χ0) is 7.56. The van der Waals surface area contributed by atoms with Crippen LogP contribution in [0.3, 0.4) is 0 Å². The molecule has 0 spiro atoms. The fourth-order valence-corrected chi connectivity index (χ4v) is 1.78. The minimum atomic E-state index is 0.938. The van der Waals surface area contributed by atoms with Crippen molar-refractivity contribution in [2.45, 2.75) is 26.2 Å². The first-order valence-electron chi connectivity index (χ1n) is 3.39. The Hall–Kier alpha value is -0.0600. The summed E-state index contributed by atoms with van der Waals surface area (Å²) in [5, 5.41) is 0. The highest BCUT2D eigenvalue weighted by atomic mass is 127. The monoisotopic (exact) mass is 250 g/mol. The van der Waals surface area contributed by atoms with Crippen molar-refractivity contribution in [3.63, 3.8) is 0 Å². The molecule has 0 saturated heterocycles. The molecule has 1 saturated carbocycles. The van der Waals surface area contributed by atoms with E-state index in [9.17, 15) is 0 Å². The van der Waals surface area contributed by atoms with Crippen molar-refractivity contribution in [1.29, 1.82) is 0 Å². The molecule has 0 heterocycles. The molecule has 0 unspecified atom stereocenters. The van der Waals surface area contributed by atoms with Gasteiger partial charge >= 0.3 is 0 Å². The fourth-order valence-electron chi connectivity index (χ4n) is 1.25. The third kappa shape index (κ3) is 1.51. The first kappa shape index (κ1) is 8.04. The lowest BCUT2D eigenvalue weighted by molar-refractivity contribution is 0.938. The summed E-state index contributed by atoms with van der Waals surface area (Å²) >= 11 is 2.04. The van der Waals surface area contributed by atoms with Crippen LogP contribution in [0.4, 0.5) is 0 Å². The van der Waals surface area contributed by atoms with Crippen LogP contribution in [0.2, 0.25) is 0 Å². The highest BCUT2D eigenvalue weighted by Gasteiger charge is 2.15. The van der Waals surface area contributed by atoms with Crippen LogP contribution in [0.25, 0.3) is 0 Å². The van der Waals surface area contributed by atoms with Crippen molar-refractivity contribution in [3.05, 3.63) is 11.3 Å². The second-order valence-electron chi connectivity index (χ2n) is 2.55. The van der Waals surface area contributed by atoms with Crippen LogP contribution >= 0.6 is 22.9 Å². The van der Waals surface area contributed by atoms with Gasteiger partial charge in [-0.15, -0.1) is 0 Å². The number of nitrogens with zero attached hydrogens (tertiary/aromatic N) is 1. The Morgan fingerprint density at radius 2 is 2.30 bits per heavy atom. The maximum Gasteiger partial charge on any atom is 0.0834 e. The van der Waals surface area contributed by atoms with Gasteiger partial charge in [0.25, 0.3) is 0 Å². The Balaban J connectivity index is 2.89. The number of rotatable bonds is 0. The van der Waals surface area contributed by atoms with Crippen molar-refractivity contribution in [2.75, 3.05) is 0 Å². The van der Waals surface area contributed by atoms with Gasteiger partial charge in [0, 0.05) is 5.70 Å². The van der Waals surface area contributed by atoms with Gasteiger partial charge in [-0.2, -0.15) is 0 Å². The van der Waals surface area contributed by atoms with Gasteiger partial charge in [-0.25, -0.2) is 3.21 Å². The Labute approximate surface area is 75.1 Å². The van der Waals surface area contributed by atoms with Crippen LogP contribution in [0.5, 0.6) is 0 Å². The average Bonchev–Trinajstić information content (AvgIpc) is 2.33. The summed E-state index contributed by atoms with van der Waals surface area (Å²) in [5.41, 5.74) is 9.06. The summed E-state index contributed by atoms with van der Waals surface area (Å²) < 4.78 is 4.14. The standard InChI is InChI=1S/C7H11IN2/c1-5(9)6-3-2-4-7(6)10-8/h2-4,9H2,1H3/b6-5-,10-7-. The molecule has 0 amide bonds. The number of allylic oxidation sites excluding steroid dienone is 2. The molecule has 0 aromatic heterocycles. The molecule has 0 aromatic carbocycles. The predicted molar refractivity (Wildman–Crippen MR) is 52.2 cm³/mol. The summed E-state index contributed by atoms with van der Waals surface area (Å²) in [7, 11) is 0. The molecule has 0 aromatic rings. The molecular weight excluding hydrogens is 239 g/mol. The molecule has 56 valence electrons. The SMILES string of the molecule is C/C(N)=C1\CCC\C1=N\I. The molecule has 2 nitrogen and oxygen atoms in total. The van der Waals surface area contributed by atoms with Gasteiger partial charge in [0.05, 0.1) is 28.6 Å². The van der Waals surface area contributed by atoms with Gasteiger partial charge in [0.15, 0.2) is 0 Å². The fraction of sp³-hybridized carbons (Fsp3) is 0.571. The summed E-state index contributed by atoms with van der Waals surface area (Å²) in [6, 6.07) is 0. The van der Waals surface area contributed by atoms with Crippen molar-refractivity contribution in [2.24, 2.45) is 8.94 Å². The van der Waals surface area contributed by atoms with Crippen LogP contribution in [-0.2, 0) is 0 Å². The van der Waals surface area contributed by atoms with E-state index in [1.165, 1.54) is 17.7 Å². The molecular formula is C7H11IN2. The molecule has 2 N–H and O–H groups in total. The Bertz CT molecular complexity index is 190. The van der Waals surface area contributed by atoms with E-state index < -0.39 is 0 Å². The summed E-state index contributed by atoms with van der Waals surface area (Å²) in [4.78, 5) is 0. The minimum absolute atomic E-state index is 0.938. The van der Waals surface area contributed by atoms with E-state index in [4.69, 9.17) is 5.73 Å². The van der Waals surface area contributed by atoms with Crippen LogP contribution in [0, 0.1) is 0 Å². The van der Waals surface area contributed by atoms with Crippen LogP contribution in [0.15, 0.2) is 14.5 Å². The van der Waals surface area contributed by atoms with Crippen molar-refractivity contribution in [1.82, 2.24) is 0 Å². The van der Waals surface area contributed by atoms with Crippen molar-refractivity contribution in [3.8, 4) is 0 Å². The van der Waals surface area contributed by atoms with E-state index in [1.807, 2.05) is 29.8 Å². The molecule has 0 atom stereocenters. The lowest BCUT2D eigenvalue weighted by atomic mass is 10.2. The molecule has 1 aliphatic rings. The van der Waals surface area contributed by atoms with E-state index in [0.717, 1.165) is 18.5 Å². The first-order chi connectivity index (χ1) is 4.75. The first-order valence-corrected chi connectivity index (χ1v) is 4.35. The summed E-state index contributed by atoms with van der Waals surface area (Å²) in [6.07, 6.45) is 3.43. The minimum Gasteiger partial charge on any atom is -0.402 e. The zero-order valence-corrected chi connectivity index (χ0v) is 8.18. The quantitative estimate of drug-likeness (QED) is 0.657. The molecule has 0 bridgehead atoms. The third-order valence-electron chi connectivity index (χ3n) is 1.77. The van der Waals surface area contributed by atoms with Gasteiger partial charge < -0.3 is 5.73 Å².